The van der Waals surface area contributed by atoms with Gasteiger partial charge in [-0.2, -0.15) is 0 Å². The van der Waals surface area contributed by atoms with Crippen molar-refractivity contribution in [3.8, 4) is 28.4 Å². The van der Waals surface area contributed by atoms with E-state index in [1.165, 1.54) is 19.1 Å². The van der Waals surface area contributed by atoms with E-state index in [2.05, 4.69) is 18.4 Å². The van der Waals surface area contributed by atoms with Crippen molar-refractivity contribution in [2.24, 2.45) is 0 Å². The lowest BCUT2D eigenvalue weighted by atomic mass is 9.95. The van der Waals surface area contributed by atoms with Crippen molar-refractivity contribution in [3.63, 3.8) is 0 Å². The summed E-state index contributed by atoms with van der Waals surface area (Å²) in [4.78, 5) is 14.5. The van der Waals surface area contributed by atoms with Crippen molar-refractivity contribution in [2.75, 3.05) is 21.3 Å². The van der Waals surface area contributed by atoms with E-state index in [4.69, 9.17) is 14.2 Å². The number of benzene rings is 2. The molecule has 0 spiro atoms. The summed E-state index contributed by atoms with van der Waals surface area (Å²) in [6, 6.07) is 11.5. The molecule has 3 rings (SSSR count). The van der Waals surface area contributed by atoms with Gasteiger partial charge in [0.15, 0.2) is 17.3 Å². The summed E-state index contributed by atoms with van der Waals surface area (Å²) in [5, 5.41) is 2.10. The Kier molecular flexibility index (Phi) is 5.51. The Labute approximate surface area is 163 Å². The molecule has 0 amide bonds. The number of methoxy groups -OCH3 is 3. The summed E-state index contributed by atoms with van der Waals surface area (Å²) in [6.07, 6.45) is 0. The zero-order valence-corrected chi connectivity index (χ0v) is 16.9. The molecule has 0 aliphatic carbocycles. The molecular formula is C22H22O4S. The lowest BCUT2D eigenvalue weighted by Gasteiger charge is -2.14. The van der Waals surface area contributed by atoms with Crippen molar-refractivity contribution in [1.82, 2.24) is 0 Å². The molecule has 0 atom stereocenters. The normalized spacial score (nSPS) is 10.6. The molecule has 0 fully saturated rings. The van der Waals surface area contributed by atoms with Crippen molar-refractivity contribution in [1.29, 1.82) is 0 Å². The average Bonchev–Trinajstić information content (AvgIpc) is 3.12. The van der Waals surface area contributed by atoms with Gasteiger partial charge in [-0.25, -0.2) is 0 Å². The molecule has 5 heteroatoms. The molecule has 0 bridgehead atoms. The van der Waals surface area contributed by atoms with E-state index in [1.807, 2.05) is 25.1 Å². The van der Waals surface area contributed by atoms with Crippen LogP contribution in [0.1, 0.15) is 26.4 Å². The molecule has 0 unspecified atom stereocenters. The molecule has 4 nitrogen and oxygen atoms in total. The third kappa shape index (κ3) is 3.69. The van der Waals surface area contributed by atoms with Gasteiger partial charge in [-0.3, -0.25) is 4.79 Å². The van der Waals surface area contributed by atoms with Crippen molar-refractivity contribution >= 4 is 17.1 Å². The summed E-state index contributed by atoms with van der Waals surface area (Å²) in [7, 11) is 4.62. The smallest absolute Gasteiger partial charge is 0.203 e. The Balaban J connectivity index is 2.08. The first-order valence-electron chi connectivity index (χ1n) is 8.49. The second kappa shape index (κ2) is 7.84. The molecule has 140 valence electrons. The molecule has 0 aliphatic rings. The van der Waals surface area contributed by atoms with E-state index in [-0.39, 0.29) is 5.78 Å². The van der Waals surface area contributed by atoms with Crippen LogP contribution in [0.25, 0.3) is 11.1 Å². The molecule has 0 aliphatic heterocycles. The zero-order chi connectivity index (χ0) is 19.6. The van der Waals surface area contributed by atoms with Crippen molar-refractivity contribution < 1.29 is 19.0 Å². The number of hydrogen-bond acceptors (Lipinski definition) is 5. The first-order chi connectivity index (χ1) is 13.0. The standard InChI is InChI=1S/C22H22O4S/c1-13-6-7-15(17-8-14(2)27-12-17)9-18(13)21(23)16-10-19(24-3)22(26-5)20(11-16)25-4/h6-12H,1-5H3. The number of carbonyl (C=O) groups excluding carboxylic acids is 1. The number of carbonyl (C=O) groups is 1. The van der Waals surface area contributed by atoms with Gasteiger partial charge in [-0.05, 0) is 60.2 Å². The number of hydrogen-bond donors (Lipinski definition) is 0. The maximum atomic E-state index is 13.2. The van der Waals surface area contributed by atoms with Crippen LogP contribution in [-0.2, 0) is 0 Å². The van der Waals surface area contributed by atoms with E-state index in [0.29, 0.717) is 28.4 Å². The molecule has 0 radical (unpaired) electrons. The fraction of sp³-hybridized carbons (Fsp3) is 0.227. The van der Waals surface area contributed by atoms with Crippen molar-refractivity contribution in [3.05, 3.63) is 63.3 Å². The number of thiophene rings is 1. The van der Waals surface area contributed by atoms with Crippen LogP contribution in [0.2, 0.25) is 0 Å². The maximum absolute atomic E-state index is 13.2. The second-order valence-electron chi connectivity index (χ2n) is 6.22. The van der Waals surface area contributed by atoms with Crippen LogP contribution in [-0.4, -0.2) is 27.1 Å². The van der Waals surface area contributed by atoms with Crippen LogP contribution >= 0.6 is 11.3 Å². The van der Waals surface area contributed by atoms with Crippen LogP contribution in [0.3, 0.4) is 0 Å². The lowest BCUT2D eigenvalue weighted by molar-refractivity contribution is 0.103. The van der Waals surface area contributed by atoms with Gasteiger partial charge >= 0.3 is 0 Å². The van der Waals surface area contributed by atoms with Crippen molar-refractivity contribution in [2.45, 2.75) is 13.8 Å². The third-order valence-corrected chi connectivity index (χ3v) is 5.33. The van der Waals surface area contributed by atoms with Gasteiger partial charge in [-0.1, -0.05) is 12.1 Å². The minimum Gasteiger partial charge on any atom is -0.493 e. The second-order valence-corrected chi connectivity index (χ2v) is 7.33. The number of aryl methyl sites for hydroxylation is 2. The van der Waals surface area contributed by atoms with Crippen LogP contribution in [0, 0.1) is 13.8 Å². The van der Waals surface area contributed by atoms with Gasteiger partial charge in [0.2, 0.25) is 5.75 Å². The highest BCUT2D eigenvalue weighted by Crippen LogP contribution is 2.39. The fourth-order valence-corrected chi connectivity index (χ4v) is 3.72. The summed E-state index contributed by atoms with van der Waals surface area (Å²) in [6.45, 7) is 4.01. The van der Waals surface area contributed by atoms with E-state index in [0.717, 1.165) is 16.7 Å². The molecule has 0 N–H and O–H groups in total. The fourth-order valence-electron chi connectivity index (χ4n) is 3.01. The van der Waals surface area contributed by atoms with Crippen LogP contribution in [0.15, 0.2) is 41.8 Å². The summed E-state index contributed by atoms with van der Waals surface area (Å²) >= 11 is 1.70. The molecule has 3 aromatic rings. The third-order valence-electron chi connectivity index (χ3n) is 4.47. The maximum Gasteiger partial charge on any atom is 0.203 e. The highest BCUT2D eigenvalue weighted by molar-refractivity contribution is 7.10. The van der Waals surface area contributed by atoms with E-state index in [9.17, 15) is 4.79 Å². The largest absolute Gasteiger partial charge is 0.493 e. The quantitative estimate of drug-likeness (QED) is 0.544. The predicted octanol–water partition coefficient (Wildman–Crippen LogP) is 5.29. The van der Waals surface area contributed by atoms with Gasteiger partial charge in [0, 0.05) is 16.0 Å². The van der Waals surface area contributed by atoms with Gasteiger partial charge in [0.1, 0.15) is 0 Å². The van der Waals surface area contributed by atoms with E-state index in [1.54, 1.807) is 30.6 Å². The van der Waals surface area contributed by atoms with Crippen LogP contribution in [0.5, 0.6) is 17.2 Å². The first-order valence-corrected chi connectivity index (χ1v) is 9.37. The molecule has 0 saturated carbocycles. The Morgan fingerprint density at radius 2 is 1.52 bits per heavy atom. The first kappa shape index (κ1) is 19.0. The Bertz CT molecular complexity index is 963. The molecular weight excluding hydrogens is 360 g/mol. The Morgan fingerprint density at radius 3 is 2.04 bits per heavy atom. The highest BCUT2D eigenvalue weighted by Gasteiger charge is 2.19. The Hall–Kier alpha value is -2.79. The molecule has 1 heterocycles. The molecule has 1 aromatic heterocycles. The number of ether oxygens (including phenoxy) is 3. The molecule has 2 aromatic carbocycles. The van der Waals surface area contributed by atoms with E-state index < -0.39 is 0 Å². The topological polar surface area (TPSA) is 44.8 Å². The van der Waals surface area contributed by atoms with Gasteiger partial charge in [0.05, 0.1) is 21.3 Å². The highest BCUT2D eigenvalue weighted by atomic mass is 32.1. The SMILES string of the molecule is COc1cc(C(=O)c2cc(-c3csc(C)c3)ccc2C)cc(OC)c1OC. The van der Waals surface area contributed by atoms with Gasteiger partial charge in [0.25, 0.3) is 0 Å². The van der Waals surface area contributed by atoms with Gasteiger partial charge in [-0.15, -0.1) is 11.3 Å². The monoisotopic (exact) mass is 382 g/mol. The van der Waals surface area contributed by atoms with Crippen LogP contribution in [0.4, 0.5) is 0 Å². The molecule has 27 heavy (non-hydrogen) atoms. The van der Waals surface area contributed by atoms with Gasteiger partial charge < -0.3 is 14.2 Å². The minimum absolute atomic E-state index is 0.0828. The summed E-state index contributed by atoms with van der Waals surface area (Å²) in [5.74, 6) is 1.31. The van der Waals surface area contributed by atoms with E-state index >= 15 is 0 Å². The summed E-state index contributed by atoms with van der Waals surface area (Å²) < 4.78 is 16.1. The predicted molar refractivity (Wildman–Crippen MR) is 109 cm³/mol. The summed E-state index contributed by atoms with van der Waals surface area (Å²) in [5.41, 5.74) is 4.22. The van der Waals surface area contributed by atoms with Crippen LogP contribution < -0.4 is 14.2 Å². The number of rotatable bonds is 6. The Morgan fingerprint density at radius 1 is 0.852 bits per heavy atom. The molecule has 0 saturated heterocycles. The number of ketones is 1. The lowest BCUT2D eigenvalue weighted by Crippen LogP contribution is -2.06. The minimum atomic E-state index is -0.0828. The average molecular weight is 382 g/mol. The zero-order valence-electron chi connectivity index (χ0n) is 16.1.